The van der Waals surface area contributed by atoms with Crippen molar-refractivity contribution in [2.24, 2.45) is 10.7 Å². The molecule has 1 fully saturated rings. The number of ether oxygens (including phenoxy) is 2. The third kappa shape index (κ3) is 2.98. The summed E-state index contributed by atoms with van der Waals surface area (Å²) in [5, 5.41) is 20.5. The Labute approximate surface area is 135 Å². The maximum atomic E-state index is 10.9. The summed E-state index contributed by atoms with van der Waals surface area (Å²) in [6, 6.07) is 0. The van der Waals surface area contributed by atoms with E-state index in [1.54, 1.807) is 4.57 Å². The third-order valence-corrected chi connectivity index (χ3v) is 3.82. The number of nitrogens with zero attached hydrogens (tertiary/aromatic N) is 3. The molecule has 0 aromatic carbocycles. The average molecular weight is 346 g/mol. The van der Waals surface area contributed by atoms with E-state index in [2.05, 4.69) is 15.3 Å². The Hall–Kier alpha value is -1.88. The standard InChI is InChI=1S/C12H16ClN5O5/c1-5(19)22-10(20)6-2-3-7(23-6)18-4-15-8-9(18)16-11(14)17-12(8,13)21/h4,6-7,10,20-21H,2-3H2,1H3,(H3,14,16,17)/t6-,7+,10?,12?/m0/s1. The second kappa shape index (κ2) is 5.64. The van der Waals surface area contributed by atoms with E-state index < -0.39 is 29.8 Å². The molecule has 5 N–H and O–H groups in total. The number of aliphatic imine (C=N–C) groups is 1. The maximum Gasteiger partial charge on any atom is 0.305 e. The molecule has 0 radical (unpaired) electrons. The number of aliphatic hydroxyl groups is 2. The quantitative estimate of drug-likeness (QED) is 0.249. The van der Waals surface area contributed by atoms with Crippen LogP contribution in [0.3, 0.4) is 0 Å². The van der Waals surface area contributed by atoms with Crippen molar-refractivity contribution < 1.29 is 24.5 Å². The van der Waals surface area contributed by atoms with Crippen LogP contribution in [0.15, 0.2) is 11.3 Å². The Bertz CT molecular complexity index is 660. The van der Waals surface area contributed by atoms with Gasteiger partial charge in [0.1, 0.15) is 18.1 Å². The molecule has 10 nitrogen and oxygen atoms in total. The van der Waals surface area contributed by atoms with Crippen molar-refractivity contribution in [3.05, 3.63) is 12.0 Å². The number of carbonyl (C=O) groups is 1. The monoisotopic (exact) mass is 345 g/mol. The molecular weight excluding hydrogens is 330 g/mol. The van der Waals surface area contributed by atoms with Crippen LogP contribution in [-0.2, 0) is 19.5 Å². The lowest BCUT2D eigenvalue weighted by Gasteiger charge is -2.25. The first-order chi connectivity index (χ1) is 10.8. The molecule has 0 bridgehead atoms. The molecule has 11 heteroatoms. The van der Waals surface area contributed by atoms with Gasteiger partial charge in [0.05, 0.1) is 6.33 Å². The number of nitrogens with one attached hydrogen (secondary N) is 1. The number of halogens is 1. The van der Waals surface area contributed by atoms with E-state index in [9.17, 15) is 15.0 Å². The Kier molecular flexibility index (Phi) is 3.92. The number of aliphatic hydroxyl groups excluding tert-OH is 1. The molecule has 0 saturated carbocycles. The number of anilines is 1. The van der Waals surface area contributed by atoms with Crippen LogP contribution in [0.2, 0.25) is 0 Å². The van der Waals surface area contributed by atoms with Gasteiger partial charge in [0, 0.05) is 6.92 Å². The number of esters is 1. The SMILES string of the molecule is CC(=O)OC(O)[C@@H]1CC[C@H](n2cnc3c2NC(N)=NC3(O)Cl)O1. The molecule has 23 heavy (non-hydrogen) atoms. The highest BCUT2D eigenvalue weighted by atomic mass is 35.5. The number of rotatable bonds is 3. The lowest BCUT2D eigenvalue weighted by molar-refractivity contribution is -0.192. The normalized spacial score (nSPS) is 31.0. The van der Waals surface area contributed by atoms with Gasteiger partial charge in [-0.25, -0.2) is 4.98 Å². The summed E-state index contributed by atoms with van der Waals surface area (Å²) in [5.74, 6) is -0.309. The smallest absolute Gasteiger partial charge is 0.305 e. The van der Waals surface area contributed by atoms with E-state index in [1.807, 2.05) is 0 Å². The second-order valence-electron chi connectivity index (χ2n) is 5.26. The number of fused-ring (bicyclic) bond motifs is 1. The van der Waals surface area contributed by atoms with Gasteiger partial charge in [0.2, 0.25) is 6.29 Å². The summed E-state index contributed by atoms with van der Waals surface area (Å²) < 4.78 is 12.0. The minimum atomic E-state index is -2.05. The molecule has 3 rings (SSSR count). The van der Waals surface area contributed by atoms with Crippen LogP contribution in [0.4, 0.5) is 5.82 Å². The fraction of sp³-hybridized carbons (Fsp3) is 0.583. The number of carbonyl (C=O) groups excluding carboxylic acids is 1. The second-order valence-corrected chi connectivity index (χ2v) is 5.79. The molecule has 1 aromatic heterocycles. The summed E-state index contributed by atoms with van der Waals surface area (Å²) in [6.07, 6.45) is -0.0729. The third-order valence-electron chi connectivity index (χ3n) is 3.56. The molecule has 2 unspecified atom stereocenters. The molecule has 0 spiro atoms. The fourth-order valence-corrected chi connectivity index (χ4v) is 2.83. The summed E-state index contributed by atoms with van der Waals surface area (Å²) in [6.45, 7) is 1.20. The first-order valence-corrected chi connectivity index (χ1v) is 7.27. The van der Waals surface area contributed by atoms with Crippen molar-refractivity contribution in [1.29, 1.82) is 0 Å². The van der Waals surface area contributed by atoms with Crippen LogP contribution in [-0.4, -0.2) is 44.1 Å². The number of aromatic nitrogens is 2. The van der Waals surface area contributed by atoms with Gasteiger partial charge >= 0.3 is 5.97 Å². The van der Waals surface area contributed by atoms with E-state index in [1.165, 1.54) is 13.3 Å². The number of imidazole rings is 1. The van der Waals surface area contributed by atoms with Gasteiger partial charge in [-0.15, -0.1) is 0 Å². The van der Waals surface area contributed by atoms with Gasteiger partial charge in [0.25, 0.3) is 5.18 Å². The van der Waals surface area contributed by atoms with Gasteiger partial charge in [-0.3, -0.25) is 9.36 Å². The summed E-state index contributed by atoms with van der Waals surface area (Å²) in [7, 11) is 0. The van der Waals surface area contributed by atoms with E-state index in [0.717, 1.165) is 0 Å². The van der Waals surface area contributed by atoms with Gasteiger partial charge in [-0.1, -0.05) is 11.6 Å². The Morgan fingerprint density at radius 2 is 2.43 bits per heavy atom. The zero-order valence-electron chi connectivity index (χ0n) is 12.1. The van der Waals surface area contributed by atoms with Crippen LogP contribution < -0.4 is 11.1 Å². The van der Waals surface area contributed by atoms with E-state index in [4.69, 9.17) is 26.8 Å². The summed E-state index contributed by atoms with van der Waals surface area (Å²) in [4.78, 5) is 18.6. The van der Waals surface area contributed by atoms with Crippen molar-refractivity contribution in [1.82, 2.24) is 9.55 Å². The highest BCUT2D eigenvalue weighted by Crippen LogP contribution is 2.39. The lowest BCUT2D eigenvalue weighted by atomic mass is 10.2. The van der Waals surface area contributed by atoms with E-state index in [0.29, 0.717) is 18.7 Å². The minimum absolute atomic E-state index is 0.0637. The largest absolute Gasteiger partial charge is 0.433 e. The molecule has 2 aliphatic heterocycles. The lowest BCUT2D eigenvalue weighted by Crippen LogP contribution is -2.35. The number of guanidine groups is 1. The number of hydrogen-bond donors (Lipinski definition) is 4. The highest BCUT2D eigenvalue weighted by molar-refractivity contribution is 6.24. The van der Waals surface area contributed by atoms with E-state index in [-0.39, 0.29) is 11.7 Å². The van der Waals surface area contributed by atoms with Crippen LogP contribution in [0, 0.1) is 0 Å². The Balaban J connectivity index is 1.78. The van der Waals surface area contributed by atoms with Gasteiger partial charge < -0.3 is 30.7 Å². The van der Waals surface area contributed by atoms with Crippen molar-refractivity contribution in [2.45, 2.75) is 43.6 Å². The first-order valence-electron chi connectivity index (χ1n) is 6.89. The fourth-order valence-electron chi connectivity index (χ4n) is 2.60. The molecular formula is C12H16ClN5O5. The predicted octanol–water partition coefficient (Wildman–Crippen LogP) is -0.476. The molecule has 126 valence electrons. The molecule has 0 amide bonds. The average Bonchev–Trinajstić information content (AvgIpc) is 3.02. The van der Waals surface area contributed by atoms with Crippen molar-refractivity contribution in [2.75, 3.05) is 5.32 Å². The van der Waals surface area contributed by atoms with Crippen LogP contribution in [0.1, 0.15) is 31.7 Å². The molecule has 2 aliphatic rings. The Morgan fingerprint density at radius 1 is 1.70 bits per heavy atom. The zero-order chi connectivity index (χ0) is 16.8. The summed E-state index contributed by atoms with van der Waals surface area (Å²) >= 11 is 5.89. The van der Waals surface area contributed by atoms with Gasteiger partial charge in [-0.2, -0.15) is 4.99 Å². The van der Waals surface area contributed by atoms with Crippen LogP contribution in [0.5, 0.6) is 0 Å². The van der Waals surface area contributed by atoms with Gasteiger partial charge in [-0.05, 0) is 12.8 Å². The van der Waals surface area contributed by atoms with Crippen LogP contribution in [0.25, 0.3) is 0 Å². The number of hydrogen-bond acceptors (Lipinski definition) is 9. The van der Waals surface area contributed by atoms with Crippen molar-refractivity contribution in [3.63, 3.8) is 0 Å². The summed E-state index contributed by atoms with van der Waals surface area (Å²) in [5.41, 5.74) is 5.70. The van der Waals surface area contributed by atoms with E-state index >= 15 is 0 Å². The molecule has 1 saturated heterocycles. The highest BCUT2D eigenvalue weighted by Gasteiger charge is 2.40. The van der Waals surface area contributed by atoms with Crippen molar-refractivity contribution in [3.8, 4) is 0 Å². The maximum absolute atomic E-state index is 10.9. The van der Waals surface area contributed by atoms with Crippen LogP contribution >= 0.6 is 11.6 Å². The topological polar surface area (TPSA) is 144 Å². The molecule has 1 aromatic rings. The predicted molar refractivity (Wildman–Crippen MR) is 78.1 cm³/mol. The van der Waals surface area contributed by atoms with Crippen molar-refractivity contribution >= 4 is 29.3 Å². The Morgan fingerprint density at radius 3 is 3.13 bits per heavy atom. The minimum Gasteiger partial charge on any atom is -0.433 e. The zero-order valence-corrected chi connectivity index (χ0v) is 12.9. The molecule has 0 aliphatic carbocycles. The molecule has 3 heterocycles. The van der Waals surface area contributed by atoms with Gasteiger partial charge in [0.15, 0.2) is 11.7 Å². The number of nitrogens with two attached hydrogens (primary N) is 1. The molecule has 4 atom stereocenters. The number of alkyl halides is 1. The first kappa shape index (κ1) is 16.0.